The fourth-order valence-corrected chi connectivity index (χ4v) is 5.02. The van der Waals surface area contributed by atoms with Crippen LogP contribution in [0.1, 0.15) is 26.3 Å². The Labute approximate surface area is 198 Å². The number of carbonyl (C=O) groups excluding carboxylic acids is 2. The highest BCUT2D eigenvalue weighted by molar-refractivity contribution is 7.85. The van der Waals surface area contributed by atoms with Gasteiger partial charge < -0.3 is 19.7 Å². The molecular weight excluding hydrogens is 459 g/mol. The Balaban J connectivity index is 1.76. The van der Waals surface area contributed by atoms with Gasteiger partial charge in [-0.3, -0.25) is 9.59 Å². The Morgan fingerprint density at radius 3 is 2.44 bits per heavy atom. The molecule has 0 spiro atoms. The van der Waals surface area contributed by atoms with E-state index in [4.69, 9.17) is 9.47 Å². The van der Waals surface area contributed by atoms with Gasteiger partial charge >= 0.3 is 0 Å². The van der Waals surface area contributed by atoms with Gasteiger partial charge in [-0.05, 0) is 48.0 Å². The second-order valence-corrected chi connectivity index (χ2v) is 8.99. The first-order valence-electron chi connectivity index (χ1n) is 10.5. The molecule has 3 aromatic rings. The van der Waals surface area contributed by atoms with Crippen molar-refractivity contribution in [1.29, 1.82) is 0 Å². The van der Waals surface area contributed by atoms with E-state index in [0.717, 1.165) is 0 Å². The number of amides is 2. The van der Waals surface area contributed by atoms with Crippen LogP contribution in [0.3, 0.4) is 0 Å². The van der Waals surface area contributed by atoms with Gasteiger partial charge in [-0.15, -0.1) is 0 Å². The number of ether oxygens (including phenoxy) is 2. The first kappa shape index (κ1) is 23.7. The van der Waals surface area contributed by atoms with Gasteiger partial charge in [0.2, 0.25) is 0 Å². The minimum absolute atomic E-state index is 0.109. The van der Waals surface area contributed by atoms with Crippen LogP contribution in [0.25, 0.3) is 0 Å². The van der Waals surface area contributed by atoms with Gasteiger partial charge in [0.25, 0.3) is 11.8 Å². The zero-order chi connectivity index (χ0) is 24.2. The zero-order valence-corrected chi connectivity index (χ0v) is 19.4. The van der Waals surface area contributed by atoms with Crippen molar-refractivity contribution in [3.8, 4) is 0 Å². The molecule has 1 N–H and O–H groups in total. The lowest BCUT2D eigenvalue weighted by Crippen LogP contribution is -2.34. The minimum Gasteiger partial charge on any atom is -0.354 e. The Morgan fingerprint density at radius 1 is 1.03 bits per heavy atom. The van der Waals surface area contributed by atoms with Gasteiger partial charge in [0.15, 0.2) is 6.29 Å². The number of hydrogen-bond donors (Lipinski definition) is 1. The number of rotatable bonds is 7. The molecule has 1 heterocycles. The van der Waals surface area contributed by atoms with E-state index in [1.807, 2.05) is 0 Å². The summed E-state index contributed by atoms with van der Waals surface area (Å²) in [7, 11) is 1.29. The molecule has 1 aliphatic heterocycles. The first-order valence-corrected chi connectivity index (χ1v) is 11.6. The maximum absolute atomic E-state index is 13.6. The van der Waals surface area contributed by atoms with Gasteiger partial charge in [-0.25, -0.2) is 8.60 Å². The van der Waals surface area contributed by atoms with Gasteiger partial charge in [0.1, 0.15) is 5.82 Å². The highest BCUT2D eigenvalue weighted by Gasteiger charge is 2.31. The third-order valence-electron chi connectivity index (χ3n) is 5.48. The molecule has 1 atom stereocenters. The van der Waals surface area contributed by atoms with Gasteiger partial charge in [0.05, 0.1) is 44.9 Å². The predicted octanol–water partition coefficient (Wildman–Crippen LogP) is 3.50. The SMILES string of the molecule is COC(CNC(=O)c1ccc2c(c1)N(Cc1ccc(F)cc1)C(=O)c1ccccc1[S@@]2=O)OC. The van der Waals surface area contributed by atoms with E-state index < -0.39 is 23.0 Å². The number of carbonyl (C=O) groups is 2. The molecule has 2 amide bonds. The van der Waals surface area contributed by atoms with Gasteiger partial charge in [-0.2, -0.15) is 0 Å². The number of anilines is 1. The summed E-state index contributed by atoms with van der Waals surface area (Å²) in [4.78, 5) is 28.6. The molecule has 0 saturated heterocycles. The summed E-state index contributed by atoms with van der Waals surface area (Å²) in [5.74, 6) is -1.14. The lowest BCUT2D eigenvalue weighted by molar-refractivity contribution is -0.0974. The summed E-state index contributed by atoms with van der Waals surface area (Å²) >= 11 is 0. The average molecular weight is 483 g/mol. The standard InChI is InChI=1S/C25H23FN2O5S/c1-32-23(33-2)14-27-24(29)17-9-12-22-20(13-17)28(15-16-7-10-18(26)11-8-16)25(30)19-5-3-4-6-21(19)34(22)31/h3-13,23H,14-15H2,1-2H3,(H,27,29)/t34-/m0/s1. The van der Waals surface area contributed by atoms with Crippen molar-refractivity contribution >= 4 is 28.3 Å². The molecule has 0 aliphatic carbocycles. The molecule has 0 saturated carbocycles. The number of benzene rings is 3. The highest BCUT2D eigenvalue weighted by atomic mass is 32.2. The second kappa shape index (κ2) is 10.3. The molecule has 0 radical (unpaired) electrons. The third-order valence-corrected chi connectivity index (χ3v) is 6.98. The highest BCUT2D eigenvalue weighted by Crippen LogP contribution is 2.36. The van der Waals surface area contributed by atoms with Crippen LogP contribution in [0.5, 0.6) is 0 Å². The fourth-order valence-electron chi connectivity index (χ4n) is 3.67. The first-order chi connectivity index (χ1) is 16.4. The molecule has 7 nitrogen and oxygen atoms in total. The molecule has 3 aromatic carbocycles. The van der Waals surface area contributed by atoms with E-state index in [-0.39, 0.29) is 30.4 Å². The average Bonchev–Trinajstić information content (AvgIpc) is 2.95. The van der Waals surface area contributed by atoms with Crippen LogP contribution in [0, 0.1) is 5.82 Å². The van der Waals surface area contributed by atoms with Crippen molar-refractivity contribution in [3.63, 3.8) is 0 Å². The van der Waals surface area contributed by atoms with E-state index in [0.29, 0.717) is 26.6 Å². The molecule has 34 heavy (non-hydrogen) atoms. The maximum Gasteiger partial charge on any atom is 0.259 e. The topological polar surface area (TPSA) is 84.9 Å². The Kier molecular flexibility index (Phi) is 7.16. The van der Waals surface area contributed by atoms with Crippen LogP contribution < -0.4 is 10.2 Å². The summed E-state index contributed by atoms with van der Waals surface area (Å²) in [5.41, 5.74) is 1.63. The van der Waals surface area contributed by atoms with Crippen molar-refractivity contribution in [1.82, 2.24) is 5.32 Å². The van der Waals surface area contributed by atoms with Crippen LogP contribution in [-0.2, 0) is 26.8 Å². The number of halogens is 1. The Morgan fingerprint density at radius 2 is 1.74 bits per heavy atom. The Hall–Kier alpha value is -3.40. The molecule has 9 heteroatoms. The quantitative estimate of drug-likeness (QED) is 0.521. The maximum atomic E-state index is 13.6. The van der Waals surface area contributed by atoms with Crippen molar-refractivity contribution in [3.05, 3.63) is 89.2 Å². The molecule has 0 unspecified atom stereocenters. The van der Waals surface area contributed by atoms with E-state index in [1.54, 1.807) is 54.6 Å². The molecule has 176 valence electrons. The summed E-state index contributed by atoms with van der Waals surface area (Å²) in [5, 5.41) is 2.72. The van der Waals surface area contributed by atoms with Crippen LogP contribution in [-0.4, -0.2) is 43.1 Å². The molecule has 4 rings (SSSR count). The summed E-state index contributed by atoms with van der Waals surface area (Å²) in [6.07, 6.45) is -0.608. The number of methoxy groups -OCH3 is 2. The number of nitrogens with one attached hydrogen (secondary N) is 1. The van der Waals surface area contributed by atoms with Gasteiger partial charge in [0, 0.05) is 19.8 Å². The van der Waals surface area contributed by atoms with Crippen molar-refractivity contribution < 1.29 is 27.7 Å². The van der Waals surface area contributed by atoms with Crippen molar-refractivity contribution in [2.24, 2.45) is 0 Å². The lowest BCUT2D eigenvalue weighted by atomic mass is 10.1. The van der Waals surface area contributed by atoms with Gasteiger partial charge in [-0.1, -0.05) is 24.3 Å². The molecule has 1 aliphatic rings. The lowest BCUT2D eigenvalue weighted by Gasteiger charge is -2.24. The second-order valence-electron chi connectivity index (χ2n) is 7.58. The van der Waals surface area contributed by atoms with Crippen molar-refractivity contribution in [2.45, 2.75) is 22.6 Å². The summed E-state index contributed by atoms with van der Waals surface area (Å²) in [6.45, 7) is 0.233. The molecule has 0 aromatic heterocycles. The normalized spacial score (nSPS) is 15.0. The third kappa shape index (κ3) is 4.77. The summed E-state index contributed by atoms with van der Waals surface area (Å²) in [6, 6.07) is 17.2. The van der Waals surface area contributed by atoms with E-state index in [9.17, 15) is 18.2 Å². The van der Waals surface area contributed by atoms with Crippen LogP contribution in [0.15, 0.2) is 76.5 Å². The van der Waals surface area contributed by atoms with Crippen LogP contribution in [0.2, 0.25) is 0 Å². The van der Waals surface area contributed by atoms with Crippen LogP contribution >= 0.6 is 0 Å². The van der Waals surface area contributed by atoms with E-state index in [2.05, 4.69) is 5.32 Å². The van der Waals surface area contributed by atoms with Crippen LogP contribution in [0.4, 0.5) is 10.1 Å². The monoisotopic (exact) mass is 482 g/mol. The largest absolute Gasteiger partial charge is 0.354 e. The molecule has 0 fully saturated rings. The minimum atomic E-state index is -1.64. The molecular formula is C25H23FN2O5S. The number of nitrogens with zero attached hydrogens (tertiary/aromatic N) is 1. The zero-order valence-electron chi connectivity index (χ0n) is 18.6. The summed E-state index contributed by atoms with van der Waals surface area (Å²) < 4.78 is 37.1. The smallest absolute Gasteiger partial charge is 0.259 e. The van der Waals surface area contributed by atoms with E-state index >= 15 is 0 Å². The number of fused-ring (bicyclic) bond motifs is 2. The fraction of sp³-hybridized carbons (Fsp3) is 0.200. The molecule has 0 bridgehead atoms. The van der Waals surface area contributed by atoms with E-state index in [1.165, 1.54) is 31.3 Å². The predicted molar refractivity (Wildman–Crippen MR) is 125 cm³/mol. The number of hydrogen-bond acceptors (Lipinski definition) is 5. The van der Waals surface area contributed by atoms with Crippen molar-refractivity contribution in [2.75, 3.05) is 25.7 Å². The Bertz CT molecular complexity index is 1240.